The minimum Gasteiger partial charge on any atom is -0.466 e. The predicted molar refractivity (Wildman–Crippen MR) is 343 cm³/mol. The van der Waals surface area contributed by atoms with Gasteiger partial charge in [0.1, 0.15) is 24.4 Å². The van der Waals surface area contributed by atoms with Gasteiger partial charge in [-0.1, -0.05) is 274 Å². The van der Waals surface area contributed by atoms with Crippen molar-refractivity contribution in [3.05, 3.63) is 48.6 Å². The summed E-state index contributed by atoms with van der Waals surface area (Å²) in [5, 5.41) is 54.3. The van der Waals surface area contributed by atoms with Crippen LogP contribution in [0.15, 0.2) is 48.6 Å². The van der Waals surface area contributed by atoms with Crippen LogP contribution in [0.3, 0.4) is 0 Å². The monoisotopic (exact) mass is 1160 g/mol. The summed E-state index contributed by atoms with van der Waals surface area (Å²) in [7, 11) is 0. The number of esters is 1. The van der Waals surface area contributed by atoms with Crippen molar-refractivity contribution in [2.24, 2.45) is 0 Å². The number of unbranched alkanes of at least 4 members (excludes halogenated alkanes) is 41. The first-order chi connectivity index (χ1) is 40.2. The maximum Gasteiger partial charge on any atom is 0.305 e. The van der Waals surface area contributed by atoms with Crippen molar-refractivity contribution in [2.45, 2.75) is 371 Å². The number of carbonyl (C=O) groups excluding carboxylic acids is 2. The molecule has 1 fully saturated rings. The molecule has 0 radical (unpaired) electrons. The van der Waals surface area contributed by atoms with Gasteiger partial charge in [-0.15, -0.1) is 0 Å². The molecule has 11 heteroatoms. The van der Waals surface area contributed by atoms with E-state index in [0.29, 0.717) is 19.4 Å². The third-order valence-electron chi connectivity index (χ3n) is 16.4. The number of hydrogen-bond acceptors (Lipinski definition) is 10. The molecule has 1 saturated heterocycles. The fourth-order valence-corrected chi connectivity index (χ4v) is 10.9. The molecule has 0 aromatic carbocycles. The average molecular weight is 1160 g/mol. The number of aliphatic hydroxyl groups excluding tert-OH is 5. The van der Waals surface area contributed by atoms with Crippen molar-refractivity contribution in [1.29, 1.82) is 0 Å². The van der Waals surface area contributed by atoms with Crippen molar-refractivity contribution in [1.82, 2.24) is 5.32 Å². The number of rotatable bonds is 61. The van der Waals surface area contributed by atoms with Crippen LogP contribution in [-0.4, -0.2) is 100 Å². The zero-order chi connectivity index (χ0) is 59.5. The Morgan fingerprint density at radius 1 is 0.451 bits per heavy atom. The number of nitrogens with one attached hydrogen (secondary N) is 1. The fraction of sp³-hybridized carbons (Fsp3) is 0.859. The number of hydrogen-bond donors (Lipinski definition) is 6. The van der Waals surface area contributed by atoms with Crippen LogP contribution in [0, 0.1) is 0 Å². The summed E-state index contributed by atoms with van der Waals surface area (Å²) >= 11 is 0. The van der Waals surface area contributed by atoms with E-state index in [1.54, 1.807) is 6.08 Å². The second kappa shape index (κ2) is 60.3. The SMILES string of the molecule is CCCCC/C=C\C/C=C\CCCCCCCCCCCC(=O)OCCCCCCCCCCCCCC/C=C\CCCCCCCCCCCCC(=O)NC(COC1OC(CO)C(O)C(O)C1O)C(O)/C=C/CCCCCCCCC. The smallest absolute Gasteiger partial charge is 0.305 e. The van der Waals surface area contributed by atoms with E-state index in [2.05, 4.69) is 55.6 Å². The number of amides is 1. The Labute approximate surface area is 504 Å². The van der Waals surface area contributed by atoms with Crippen molar-refractivity contribution < 1.29 is 49.3 Å². The van der Waals surface area contributed by atoms with Crippen molar-refractivity contribution in [3.63, 3.8) is 0 Å². The molecule has 1 rings (SSSR count). The molecule has 82 heavy (non-hydrogen) atoms. The molecule has 11 nitrogen and oxygen atoms in total. The Balaban J connectivity index is 1.92. The van der Waals surface area contributed by atoms with Crippen LogP contribution >= 0.6 is 0 Å². The molecule has 0 aromatic rings. The highest BCUT2D eigenvalue weighted by Crippen LogP contribution is 2.23. The zero-order valence-electron chi connectivity index (χ0n) is 53.2. The molecule has 0 spiro atoms. The molecule has 7 unspecified atom stereocenters. The van der Waals surface area contributed by atoms with Crippen molar-refractivity contribution in [3.8, 4) is 0 Å². The van der Waals surface area contributed by atoms with Crippen LogP contribution in [0.5, 0.6) is 0 Å². The highest BCUT2D eigenvalue weighted by atomic mass is 16.7. The molecule has 7 atom stereocenters. The second-order valence-electron chi connectivity index (χ2n) is 24.2. The fourth-order valence-electron chi connectivity index (χ4n) is 10.9. The molecule has 1 aliphatic rings. The Bertz CT molecular complexity index is 1500. The van der Waals surface area contributed by atoms with E-state index < -0.39 is 49.5 Å². The van der Waals surface area contributed by atoms with Crippen LogP contribution in [-0.2, 0) is 23.8 Å². The Morgan fingerprint density at radius 2 is 0.817 bits per heavy atom. The highest BCUT2D eigenvalue weighted by molar-refractivity contribution is 5.76. The summed E-state index contributed by atoms with van der Waals surface area (Å²) in [5.41, 5.74) is 0. The lowest BCUT2D eigenvalue weighted by Crippen LogP contribution is -2.60. The van der Waals surface area contributed by atoms with Gasteiger partial charge in [-0.05, 0) is 89.9 Å². The second-order valence-corrected chi connectivity index (χ2v) is 24.2. The largest absolute Gasteiger partial charge is 0.466 e. The van der Waals surface area contributed by atoms with E-state index in [0.717, 1.165) is 64.2 Å². The first-order valence-electron chi connectivity index (χ1n) is 34.9. The van der Waals surface area contributed by atoms with Gasteiger partial charge >= 0.3 is 5.97 Å². The number of carbonyl (C=O) groups is 2. The van der Waals surface area contributed by atoms with Gasteiger partial charge in [0, 0.05) is 12.8 Å². The topological polar surface area (TPSA) is 175 Å². The highest BCUT2D eigenvalue weighted by Gasteiger charge is 2.44. The van der Waals surface area contributed by atoms with E-state index in [1.807, 2.05) is 6.08 Å². The summed E-state index contributed by atoms with van der Waals surface area (Å²) in [6, 6.07) is -0.810. The van der Waals surface area contributed by atoms with Gasteiger partial charge in [0.2, 0.25) is 5.91 Å². The number of allylic oxidation sites excluding steroid dienone is 7. The maximum absolute atomic E-state index is 13.0. The molecule has 480 valence electrons. The van der Waals surface area contributed by atoms with Crippen LogP contribution < -0.4 is 5.32 Å². The summed E-state index contributed by atoms with van der Waals surface area (Å²) in [4.78, 5) is 25.1. The van der Waals surface area contributed by atoms with Crippen LogP contribution in [0.1, 0.15) is 328 Å². The zero-order valence-corrected chi connectivity index (χ0v) is 53.2. The van der Waals surface area contributed by atoms with Gasteiger partial charge in [-0.2, -0.15) is 0 Å². The molecule has 0 bridgehead atoms. The van der Waals surface area contributed by atoms with E-state index >= 15 is 0 Å². The van der Waals surface area contributed by atoms with Crippen molar-refractivity contribution in [2.75, 3.05) is 19.8 Å². The lowest BCUT2D eigenvalue weighted by atomic mass is 9.99. The van der Waals surface area contributed by atoms with E-state index in [1.165, 1.54) is 238 Å². The number of ether oxygens (including phenoxy) is 3. The first kappa shape index (κ1) is 77.6. The van der Waals surface area contributed by atoms with Crippen LogP contribution in [0.2, 0.25) is 0 Å². The van der Waals surface area contributed by atoms with Crippen LogP contribution in [0.25, 0.3) is 0 Å². The Hall–Kier alpha value is -2.38. The molecule has 0 saturated carbocycles. The third kappa shape index (κ3) is 48.8. The molecule has 0 aliphatic carbocycles. The third-order valence-corrected chi connectivity index (χ3v) is 16.4. The van der Waals surface area contributed by atoms with Gasteiger partial charge in [0.15, 0.2) is 6.29 Å². The summed E-state index contributed by atoms with van der Waals surface area (Å²) < 4.78 is 16.7. The minimum absolute atomic E-state index is 0.000437. The molecule has 0 aromatic heterocycles. The first-order valence-corrected chi connectivity index (χ1v) is 34.9. The summed E-state index contributed by atoms with van der Waals surface area (Å²) in [6.07, 6.45) is 68.2. The van der Waals surface area contributed by atoms with Gasteiger partial charge in [-0.25, -0.2) is 0 Å². The standard InChI is InChI=1S/C71H131NO10/c1-3-5-7-9-11-13-14-15-16-17-26-30-33-36-39-43-47-51-55-59-67(76)80-60-56-52-48-44-40-37-34-31-28-25-23-21-19-18-20-22-24-27-29-32-35-38-42-46-50-54-58-66(75)72-63(64(74)57-53-49-45-41-12-10-8-6-4-2)62-81-71-70(79)69(78)68(77)65(61-73)82-71/h11,13,15-16,18,20,53,57,63-65,68-71,73-74,77-79H,3-10,12,14,17,19,21-52,54-56,58-62H2,1-2H3,(H,72,75)/b13-11-,16-15-,20-18-,57-53+. The molecule has 6 N–H and O–H groups in total. The molecule has 1 aliphatic heterocycles. The van der Waals surface area contributed by atoms with Gasteiger partial charge in [0.25, 0.3) is 0 Å². The summed E-state index contributed by atoms with van der Waals surface area (Å²) in [6.45, 7) is 4.31. The maximum atomic E-state index is 13.0. The lowest BCUT2D eigenvalue weighted by molar-refractivity contribution is -0.302. The lowest BCUT2D eigenvalue weighted by Gasteiger charge is -2.40. The quantitative estimate of drug-likeness (QED) is 0.0195. The number of aliphatic hydroxyl groups is 5. The van der Waals surface area contributed by atoms with E-state index in [9.17, 15) is 35.1 Å². The van der Waals surface area contributed by atoms with Gasteiger partial charge in [-0.3, -0.25) is 9.59 Å². The molecular formula is C71H131NO10. The van der Waals surface area contributed by atoms with Gasteiger partial charge in [0.05, 0.1) is 32.0 Å². The summed E-state index contributed by atoms with van der Waals surface area (Å²) in [5.74, 6) is -0.185. The predicted octanol–water partition coefficient (Wildman–Crippen LogP) is 17.6. The van der Waals surface area contributed by atoms with Crippen molar-refractivity contribution >= 4 is 11.9 Å². The van der Waals surface area contributed by atoms with Crippen LogP contribution in [0.4, 0.5) is 0 Å². The van der Waals surface area contributed by atoms with Gasteiger partial charge < -0.3 is 45.1 Å². The Morgan fingerprint density at radius 3 is 1.27 bits per heavy atom. The Kier molecular flexibility index (Phi) is 57.1. The van der Waals surface area contributed by atoms with E-state index in [4.69, 9.17) is 14.2 Å². The normalized spacial score (nSPS) is 18.5. The van der Waals surface area contributed by atoms with E-state index in [-0.39, 0.29) is 18.5 Å². The minimum atomic E-state index is -1.57. The molecule has 1 heterocycles. The average Bonchev–Trinajstić information content (AvgIpc) is 3.63. The molecular weight excluding hydrogens is 1030 g/mol. The molecule has 1 amide bonds.